The van der Waals surface area contributed by atoms with Gasteiger partial charge in [0.05, 0.1) is 0 Å². The van der Waals surface area contributed by atoms with Crippen molar-refractivity contribution >= 4 is 51.4 Å². The first-order chi connectivity index (χ1) is 2.41. The Morgan fingerprint density at radius 2 is 1.33 bits per heavy atom. The molecule has 33 valence electrons. The van der Waals surface area contributed by atoms with Crippen LogP contribution in [-0.2, 0) is 0 Å². The van der Waals surface area contributed by atoms with Crippen molar-refractivity contribution in [2.24, 2.45) is 0 Å². The van der Waals surface area contributed by atoms with Crippen LogP contribution in [-0.4, -0.2) is 74.8 Å². The number of aliphatic hydroxyl groups excluding tert-OH is 2. The van der Waals surface area contributed by atoms with Gasteiger partial charge in [0.1, 0.15) is 0 Å². The maximum absolute atomic E-state index is 7.91. The van der Waals surface area contributed by atoms with Gasteiger partial charge in [-0.1, -0.05) is 0 Å². The molecule has 0 aliphatic carbocycles. The third kappa shape index (κ3) is 9.12. The van der Waals surface area contributed by atoms with Crippen LogP contribution in [0.2, 0.25) is 0 Å². The normalized spacial score (nSPS) is 7.00. The quantitative estimate of drug-likeness (QED) is 0.452. The van der Waals surface area contributed by atoms with Crippen LogP contribution < -0.4 is 0 Å². The van der Waals surface area contributed by atoms with Crippen molar-refractivity contribution in [1.29, 1.82) is 0 Å². The minimum absolute atomic E-state index is 0. The van der Waals surface area contributed by atoms with Crippen LogP contribution in [0.5, 0.6) is 0 Å². The van der Waals surface area contributed by atoms with Crippen LogP contribution in [0.15, 0.2) is 0 Å². The third-order valence-electron chi connectivity index (χ3n) is 0.316. The Morgan fingerprint density at radius 1 is 1.00 bits per heavy atom. The molecular weight excluding hydrogens is 107 g/mol. The van der Waals surface area contributed by atoms with E-state index >= 15 is 0 Å². The van der Waals surface area contributed by atoms with Gasteiger partial charge in [-0.05, 0) is 6.42 Å². The third-order valence-corrected chi connectivity index (χ3v) is 0.316. The van der Waals surface area contributed by atoms with Gasteiger partial charge in [-0.15, -0.1) is 0 Å². The van der Waals surface area contributed by atoms with Gasteiger partial charge >= 0.3 is 0 Å². The van der Waals surface area contributed by atoms with Gasteiger partial charge in [-0.2, -0.15) is 0 Å². The van der Waals surface area contributed by atoms with Crippen LogP contribution in [0.25, 0.3) is 0 Å². The van der Waals surface area contributed by atoms with Crippen molar-refractivity contribution in [3.8, 4) is 0 Å². The van der Waals surface area contributed by atoms with Crippen LogP contribution in [0, 0.1) is 0 Å². The number of aliphatic hydroxyl groups is 2. The molecule has 0 aliphatic rings. The Balaban J connectivity index is 0. The molecule has 0 heterocycles. The van der Waals surface area contributed by atoms with Gasteiger partial charge in [-0.3, -0.25) is 0 Å². The summed E-state index contributed by atoms with van der Waals surface area (Å²) >= 11 is 0. The van der Waals surface area contributed by atoms with Gasteiger partial charge in [0.25, 0.3) is 0 Å². The molecule has 0 aromatic heterocycles. The molecule has 0 saturated carbocycles. The second kappa shape index (κ2) is 9.75. The summed E-state index contributed by atoms with van der Waals surface area (Å²) in [6.45, 7) is 0.188. The van der Waals surface area contributed by atoms with E-state index in [4.69, 9.17) is 10.2 Å². The maximum Gasteiger partial charge on any atom is 0.0452 e. The molecule has 1 radical (unpaired) electrons. The molecule has 0 atom stereocenters. The molecule has 0 saturated heterocycles. The zero-order chi connectivity index (χ0) is 4.12. The SMILES string of the molecule is OCCCO.[K]. The van der Waals surface area contributed by atoms with Gasteiger partial charge < -0.3 is 10.2 Å². The first-order valence-electron chi connectivity index (χ1n) is 1.63. The summed E-state index contributed by atoms with van der Waals surface area (Å²) in [5.41, 5.74) is 0. The minimum Gasteiger partial charge on any atom is -0.396 e. The zero-order valence-corrected chi connectivity index (χ0v) is 7.14. The van der Waals surface area contributed by atoms with Crippen LogP contribution in [0.1, 0.15) is 6.42 Å². The monoisotopic (exact) mass is 115 g/mol. The van der Waals surface area contributed by atoms with E-state index in [9.17, 15) is 0 Å². The first-order valence-corrected chi connectivity index (χ1v) is 1.63. The predicted molar refractivity (Wildman–Crippen MR) is 24.5 cm³/mol. The first kappa shape index (κ1) is 10.5. The molecule has 6 heavy (non-hydrogen) atoms. The summed E-state index contributed by atoms with van der Waals surface area (Å²) in [4.78, 5) is 0. The molecule has 0 unspecified atom stereocenters. The van der Waals surface area contributed by atoms with E-state index < -0.39 is 0 Å². The van der Waals surface area contributed by atoms with Gasteiger partial charge in [0, 0.05) is 64.6 Å². The van der Waals surface area contributed by atoms with E-state index in [1.807, 2.05) is 0 Å². The van der Waals surface area contributed by atoms with Crippen molar-refractivity contribution in [2.45, 2.75) is 6.42 Å². The molecule has 3 heteroatoms. The van der Waals surface area contributed by atoms with Gasteiger partial charge in [0.15, 0.2) is 0 Å². The summed E-state index contributed by atoms with van der Waals surface area (Å²) in [5.74, 6) is 0. The number of hydrogen-bond acceptors (Lipinski definition) is 2. The average Bonchev–Trinajstić information content (AvgIpc) is 1.41. The smallest absolute Gasteiger partial charge is 0.0452 e. The van der Waals surface area contributed by atoms with E-state index in [0.717, 1.165) is 0 Å². The fraction of sp³-hybridized carbons (Fsp3) is 1.00. The summed E-state index contributed by atoms with van der Waals surface area (Å²) in [6, 6.07) is 0. The Kier molecular flexibility index (Phi) is 17.1. The molecule has 0 aromatic carbocycles. The van der Waals surface area contributed by atoms with E-state index in [1.165, 1.54) is 0 Å². The predicted octanol–water partition coefficient (Wildman–Crippen LogP) is -1.02. The van der Waals surface area contributed by atoms with Crippen molar-refractivity contribution in [1.82, 2.24) is 0 Å². The topological polar surface area (TPSA) is 40.5 Å². The molecule has 0 bridgehead atoms. The molecule has 0 aromatic rings. The standard InChI is InChI=1S/C3H8O2.K/c4-2-1-3-5;/h4-5H,1-3H2;. The van der Waals surface area contributed by atoms with Crippen LogP contribution in [0.3, 0.4) is 0 Å². The summed E-state index contributed by atoms with van der Waals surface area (Å²) in [7, 11) is 0. The van der Waals surface area contributed by atoms with E-state index in [2.05, 4.69) is 0 Å². The summed E-state index contributed by atoms with van der Waals surface area (Å²) < 4.78 is 0. The number of rotatable bonds is 2. The summed E-state index contributed by atoms with van der Waals surface area (Å²) in [6.07, 6.45) is 0.500. The van der Waals surface area contributed by atoms with Crippen LogP contribution >= 0.6 is 0 Å². The van der Waals surface area contributed by atoms with Gasteiger partial charge in [-0.25, -0.2) is 0 Å². The number of hydrogen-bond donors (Lipinski definition) is 2. The minimum atomic E-state index is 0. The summed E-state index contributed by atoms with van der Waals surface area (Å²) in [5, 5.41) is 15.8. The van der Waals surface area contributed by atoms with Crippen molar-refractivity contribution < 1.29 is 10.2 Å². The fourth-order valence-corrected chi connectivity index (χ4v) is 0.0707. The average molecular weight is 115 g/mol. The van der Waals surface area contributed by atoms with E-state index in [0.29, 0.717) is 6.42 Å². The Labute approximate surface area is 80.0 Å². The molecule has 2 N–H and O–H groups in total. The van der Waals surface area contributed by atoms with Gasteiger partial charge in [0.2, 0.25) is 0 Å². The Hall–Kier alpha value is 1.56. The Morgan fingerprint density at radius 3 is 1.33 bits per heavy atom. The molecule has 0 fully saturated rings. The molecule has 2 nitrogen and oxygen atoms in total. The van der Waals surface area contributed by atoms with Crippen molar-refractivity contribution in [3.63, 3.8) is 0 Å². The molecule has 0 spiro atoms. The maximum atomic E-state index is 7.91. The van der Waals surface area contributed by atoms with E-state index in [1.54, 1.807) is 0 Å². The largest absolute Gasteiger partial charge is 0.396 e. The zero-order valence-electron chi connectivity index (χ0n) is 4.02. The molecular formula is C3H8KO2. The fourth-order valence-electron chi connectivity index (χ4n) is 0.0707. The molecule has 0 aliphatic heterocycles. The molecule has 0 amide bonds. The second-order valence-electron chi connectivity index (χ2n) is 0.801. The van der Waals surface area contributed by atoms with Crippen molar-refractivity contribution in [3.05, 3.63) is 0 Å². The Bertz CT molecular complexity index is 16.3. The van der Waals surface area contributed by atoms with Crippen LogP contribution in [0.4, 0.5) is 0 Å². The van der Waals surface area contributed by atoms with Crippen molar-refractivity contribution in [2.75, 3.05) is 13.2 Å². The second-order valence-corrected chi connectivity index (χ2v) is 0.801. The van der Waals surface area contributed by atoms with E-state index in [-0.39, 0.29) is 64.6 Å². The molecule has 0 rings (SSSR count).